The van der Waals surface area contributed by atoms with Gasteiger partial charge in [0, 0.05) is 43.3 Å². The molecule has 4 aromatic rings. The SMILES string of the molecule is Cc1cc(NC(=O)Cn2cc(-c3cc(-n4cccn4)nc(C)n3)cn2)n(C)n1. The van der Waals surface area contributed by atoms with E-state index in [4.69, 9.17) is 0 Å². The maximum atomic E-state index is 12.3. The van der Waals surface area contributed by atoms with E-state index in [0.29, 0.717) is 23.2 Å². The molecular weight excluding hydrogens is 358 g/mol. The highest BCUT2D eigenvalue weighted by molar-refractivity contribution is 5.89. The van der Waals surface area contributed by atoms with E-state index >= 15 is 0 Å². The number of nitrogens with zero attached hydrogens (tertiary/aromatic N) is 8. The second-order valence-electron chi connectivity index (χ2n) is 6.38. The first-order valence-electron chi connectivity index (χ1n) is 8.67. The minimum atomic E-state index is -0.186. The summed E-state index contributed by atoms with van der Waals surface area (Å²) < 4.78 is 4.87. The first-order valence-corrected chi connectivity index (χ1v) is 8.67. The Labute approximate surface area is 160 Å². The van der Waals surface area contributed by atoms with Crippen molar-refractivity contribution >= 4 is 11.7 Å². The summed E-state index contributed by atoms with van der Waals surface area (Å²) in [6.45, 7) is 3.78. The van der Waals surface area contributed by atoms with Crippen molar-refractivity contribution in [1.82, 2.24) is 39.3 Å². The fraction of sp³-hybridized carbons (Fsp3) is 0.222. The maximum absolute atomic E-state index is 12.3. The molecule has 0 radical (unpaired) electrons. The van der Waals surface area contributed by atoms with Gasteiger partial charge in [-0.3, -0.25) is 14.2 Å². The molecule has 0 aliphatic rings. The lowest BCUT2D eigenvalue weighted by Gasteiger charge is -2.05. The summed E-state index contributed by atoms with van der Waals surface area (Å²) in [6, 6.07) is 5.48. The van der Waals surface area contributed by atoms with Crippen LogP contribution in [0, 0.1) is 13.8 Å². The molecule has 28 heavy (non-hydrogen) atoms. The number of hydrogen-bond acceptors (Lipinski definition) is 6. The largest absolute Gasteiger partial charge is 0.309 e. The van der Waals surface area contributed by atoms with Gasteiger partial charge in [0.05, 0.1) is 17.6 Å². The van der Waals surface area contributed by atoms with Crippen molar-refractivity contribution < 1.29 is 4.79 Å². The highest BCUT2D eigenvalue weighted by atomic mass is 16.2. The number of hydrogen-bond donors (Lipinski definition) is 1. The second-order valence-corrected chi connectivity index (χ2v) is 6.38. The van der Waals surface area contributed by atoms with Gasteiger partial charge in [0.1, 0.15) is 18.2 Å². The molecule has 0 aliphatic carbocycles. The van der Waals surface area contributed by atoms with E-state index in [1.54, 1.807) is 39.7 Å². The predicted octanol–water partition coefficient (Wildman–Crippen LogP) is 1.51. The third-order valence-electron chi connectivity index (χ3n) is 4.07. The number of amides is 1. The van der Waals surface area contributed by atoms with E-state index in [-0.39, 0.29) is 12.5 Å². The lowest BCUT2D eigenvalue weighted by molar-refractivity contribution is -0.116. The molecule has 0 aromatic carbocycles. The number of carbonyl (C=O) groups excluding carboxylic acids is 1. The van der Waals surface area contributed by atoms with Crippen LogP contribution >= 0.6 is 0 Å². The molecule has 1 amide bonds. The van der Waals surface area contributed by atoms with E-state index < -0.39 is 0 Å². The average Bonchev–Trinajstić information content (AvgIpc) is 3.37. The second kappa shape index (κ2) is 7.06. The standard InChI is InChI=1S/C18H19N9O/c1-12-7-16(25(3)24-12)23-18(28)11-26-10-14(9-20-26)15-8-17(22-13(2)21-15)27-6-4-5-19-27/h4-10H,11H2,1-3H3,(H,23,28). The molecule has 0 unspecified atom stereocenters. The van der Waals surface area contributed by atoms with Crippen molar-refractivity contribution in [3.05, 3.63) is 54.5 Å². The van der Waals surface area contributed by atoms with Gasteiger partial charge in [0.15, 0.2) is 5.82 Å². The van der Waals surface area contributed by atoms with Gasteiger partial charge in [-0.15, -0.1) is 0 Å². The van der Waals surface area contributed by atoms with Crippen molar-refractivity contribution in [2.45, 2.75) is 20.4 Å². The number of rotatable bonds is 5. The Balaban J connectivity index is 1.51. The summed E-state index contributed by atoms with van der Waals surface area (Å²) >= 11 is 0. The molecule has 142 valence electrons. The topological polar surface area (TPSA) is 108 Å². The zero-order chi connectivity index (χ0) is 19.7. The van der Waals surface area contributed by atoms with Gasteiger partial charge in [-0.2, -0.15) is 15.3 Å². The summed E-state index contributed by atoms with van der Waals surface area (Å²) in [6.07, 6.45) is 6.97. The third kappa shape index (κ3) is 3.65. The Morgan fingerprint density at radius 3 is 2.75 bits per heavy atom. The van der Waals surface area contributed by atoms with Crippen LogP contribution in [0.4, 0.5) is 5.82 Å². The first kappa shape index (κ1) is 17.6. The van der Waals surface area contributed by atoms with Crippen LogP contribution in [0.2, 0.25) is 0 Å². The molecule has 10 nitrogen and oxygen atoms in total. The zero-order valence-corrected chi connectivity index (χ0v) is 15.7. The molecule has 4 rings (SSSR count). The fourth-order valence-corrected chi connectivity index (χ4v) is 2.86. The van der Waals surface area contributed by atoms with Gasteiger partial charge in [-0.25, -0.2) is 14.6 Å². The minimum absolute atomic E-state index is 0.0836. The minimum Gasteiger partial charge on any atom is -0.309 e. The number of aryl methyl sites for hydroxylation is 3. The molecule has 0 saturated carbocycles. The number of carbonyl (C=O) groups is 1. The van der Waals surface area contributed by atoms with E-state index in [9.17, 15) is 4.79 Å². The lowest BCUT2D eigenvalue weighted by Crippen LogP contribution is -2.20. The van der Waals surface area contributed by atoms with Crippen molar-refractivity contribution in [2.75, 3.05) is 5.32 Å². The number of anilines is 1. The summed E-state index contributed by atoms with van der Waals surface area (Å²) in [5.74, 6) is 1.75. The molecule has 0 saturated heterocycles. The Morgan fingerprint density at radius 2 is 2.04 bits per heavy atom. The van der Waals surface area contributed by atoms with Gasteiger partial charge in [-0.05, 0) is 19.9 Å². The van der Waals surface area contributed by atoms with Crippen LogP contribution in [-0.4, -0.2) is 45.2 Å². The van der Waals surface area contributed by atoms with Crippen LogP contribution in [0.25, 0.3) is 17.1 Å². The van der Waals surface area contributed by atoms with Gasteiger partial charge >= 0.3 is 0 Å². The Hall–Kier alpha value is -3.82. The van der Waals surface area contributed by atoms with Crippen LogP contribution in [0.1, 0.15) is 11.5 Å². The molecule has 0 fully saturated rings. The van der Waals surface area contributed by atoms with Crippen LogP contribution in [0.3, 0.4) is 0 Å². The molecule has 0 atom stereocenters. The number of aromatic nitrogens is 8. The lowest BCUT2D eigenvalue weighted by atomic mass is 10.2. The molecular formula is C18H19N9O. The zero-order valence-electron chi connectivity index (χ0n) is 15.7. The van der Waals surface area contributed by atoms with Crippen molar-refractivity contribution in [2.24, 2.45) is 7.05 Å². The monoisotopic (exact) mass is 377 g/mol. The molecule has 10 heteroatoms. The fourth-order valence-electron chi connectivity index (χ4n) is 2.86. The Morgan fingerprint density at radius 1 is 1.18 bits per heavy atom. The maximum Gasteiger partial charge on any atom is 0.247 e. The van der Waals surface area contributed by atoms with Crippen LogP contribution in [-0.2, 0) is 18.4 Å². The Bertz CT molecular complexity index is 1120. The summed E-state index contributed by atoms with van der Waals surface area (Å²) in [5, 5.41) is 15.5. The molecule has 0 bridgehead atoms. The van der Waals surface area contributed by atoms with Gasteiger partial charge in [-0.1, -0.05) is 0 Å². The van der Waals surface area contributed by atoms with Gasteiger partial charge < -0.3 is 5.32 Å². The van der Waals surface area contributed by atoms with E-state index in [1.165, 1.54) is 0 Å². The van der Waals surface area contributed by atoms with E-state index in [2.05, 4.69) is 30.6 Å². The molecule has 0 aliphatic heterocycles. The molecule has 1 N–H and O–H groups in total. The normalized spacial score (nSPS) is 11.0. The average molecular weight is 377 g/mol. The van der Waals surface area contributed by atoms with Crippen LogP contribution in [0.5, 0.6) is 0 Å². The van der Waals surface area contributed by atoms with Crippen molar-refractivity contribution in [3.63, 3.8) is 0 Å². The number of nitrogens with one attached hydrogen (secondary N) is 1. The quantitative estimate of drug-likeness (QED) is 0.565. The molecule has 4 heterocycles. The third-order valence-corrected chi connectivity index (χ3v) is 4.07. The summed E-state index contributed by atoms with van der Waals surface area (Å²) in [7, 11) is 1.78. The smallest absolute Gasteiger partial charge is 0.247 e. The predicted molar refractivity (Wildman–Crippen MR) is 102 cm³/mol. The highest BCUT2D eigenvalue weighted by Gasteiger charge is 2.12. The van der Waals surface area contributed by atoms with Gasteiger partial charge in [0.2, 0.25) is 5.91 Å². The first-order chi connectivity index (χ1) is 13.5. The summed E-state index contributed by atoms with van der Waals surface area (Å²) in [5.41, 5.74) is 2.35. The highest BCUT2D eigenvalue weighted by Crippen LogP contribution is 2.19. The molecule has 0 spiro atoms. The van der Waals surface area contributed by atoms with Crippen molar-refractivity contribution in [3.8, 4) is 17.1 Å². The van der Waals surface area contributed by atoms with Gasteiger partial charge in [0.25, 0.3) is 0 Å². The van der Waals surface area contributed by atoms with Crippen LogP contribution < -0.4 is 5.32 Å². The van der Waals surface area contributed by atoms with Crippen molar-refractivity contribution in [1.29, 1.82) is 0 Å². The Kier molecular flexibility index (Phi) is 4.44. The molecule has 4 aromatic heterocycles. The summed E-state index contributed by atoms with van der Waals surface area (Å²) in [4.78, 5) is 21.2. The van der Waals surface area contributed by atoms with E-state index in [0.717, 1.165) is 11.3 Å². The van der Waals surface area contributed by atoms with E-state index in [1.807, 2.05) is 38.2 Å². The van der Waals surface area contributed by atoms with Crippen LogP contribution in [0.15, 0.2) is 43.0 Å².